The molecule has 0 aromatic carbocycles. The second-order valence-electron chi connectivity index (χ2n) is 3.48. The number of hydrogen-bond donors (Lipinski definition) is 2. The highest BCUT2D eigenvalue weighted by molar-refractivity contribution is 5.48. The van der Waals surface area contributed by atoms with Crippen LogP contribution in [0.1, 0.15) is 23.2 Å². The van der Waals surface area contributed by atoms with Gasteiger partial charge in [-0.15, -0.1) is 0 Å². The van der Waals surface area contributed by atoms with Crippen LogP contribution in [0.2, 0.25) is 0 Å². The SMILES string of the molecule is CNCCC#Cc1c(C)cc(N)nc1C. The molecule has 0 aliphatic rings. The van der Waals surface area contributed by atoms with Gasteiger partial charge in [0.25, 0.3) is 0 Å². The first-order valence-corrected chi connectivity index (χ1v) is 5.02. The van der Waals surface area contributed by atoms with Crippen LogP contribution in [0.4, 0.5) is 5.82 Å². The number of nitrogens with one attached hydrogen (secondary N) is 1. The maximum Gasteiger partial charge on any atom is 0.123 e. The highest BCUT2D eigenvalue weighted by Gasteiger charge is 2.01. The van der Waals surface area contributed by atoms with Gasteiger partial charge in [-0.05, 0) is 32.5 Å². The summed E-state index contributed by atoms with van der Waals surface area (Å²) < 4.78 is 0. The minimum absolute atomic E-state index is 0.561. The third kappa shape index (κ3) is 3.26. The largest absolute Gasteiger partial charge is 0.384 e. The van der Waals surface area contributed by atoms with Crippen molar-refractivity contribution < 1.29 is 0 Å². The van der Waals surface area contributed by atoms with E-state index in [-0.39, 0.29) is 0 Å². The summed E-state index contributed by atoms with van der Waals surface area (Å²) in [4.78, 5) is 4.19. The quantitative estimate of drug-likeness (QED) is 0.561. The molecule has 0 bridgehead atoms. The molecule has 0 aliphatic heterocycles. The molecule has 0 unspecified atom stereocenters. The van der Waals surface area contributed by atoms with Crippen molar-refractivity contribution in [3.05, 3.63) is 22.9 Å². The smallest absolute Gasteiger partial charge is 0.123 e. The van der Waals surface area contributed by atoms with Crippen LogP contribution in [0.15, 0.2) is 6.07 Å². The summed E-state index contributed by atoms with van der Waals surface area (Å²) in [6.07, 6.45) is 0.847. The van der Waals surface area contributed by atoms with Crippen LogP contribution >= 0.6 is 0 Å². The Balaban J connectivity index is 2.88. The Bertz CT molecular complexity index is 376. The summed E-state index contributed by atoms with van der Waals surface area (Å²) in [5.74, 6) is 6.81. The fourth-order valence-corrected chi connectivity index (χ4v) is 1.39. The first-order chi connectivity index (χ1) is 7.15. The van der Waals surface area contributed by atoms with Crippen LogP contribution < -0.4 is 11.1 Å². The molecular weight excluding hydrogens is 186 g/mol. The van der Waals surface area contributed by atoms with Crippen molar-refractivity contribution in [2.45, 2.75) is 20.3 Å². The predicted molar refractivity (Wildman–Crippen MR) is 63.5 cm³/mol. The van der Waals surface area contributed by atoms with E-state index in [0.29, 0.717) is 5.82 Å². The van der Waals surface area contributed by atoms with Gasteiger partial charge in [0.1, 0.15) is 5.82 Å². The van der Waals surface area contributed by atoms with Gasteiger partial charge in [-0.3, -0.25) is 0 Å². The Hall–Kier alpha value is -1.53. The van der Waals surface area contributed by atoms with Crippen LogP contribution in [0.5, 0.6) is 0 Å². The summed E-state index contributed by atoms with van der Waals surface area (Å²) in [6, 6.07) is 1.86. The van der Waals surface area contributed by atoms with Gasteiger partial charge in [0.2, 0.25) is 0 Å². The van der Waals surface area contributed by atoms with Gasteiger partial charge in [-0.1, -0.05) is 11.8 Å². The fraction of sp³-hybridized carbons (Fsp3) is 0.417. The number of hydrogen-bond acceptors (Lipinski definition) is 3. The van der Waals surface area contributed by atoms with Crippen molar-refractivity contribution in [3.8, 4) is 11.8 Å². The molecule has 3 nitrogen and oxygen atoms in total. The van der Waals surface area contributed by atoms with Crippen LogP contribution in [-0.2, 0) is 0 Å². The van der Waals surface area contributed by atoms with Gasteiger partial charge < -0.3 is 11.1 Å². The molecule has 0 atom stereocenters. The van der Waals surface area contributed by atoms with Gasteiger partial charge in [0, 0.05) is 18.5 Å². The van der Waals surface area contributed by atoms with E-state index in [0.717, 1.165) is 29.8 Å². The zero-order chi connectivity index (χ0) is 11.3. The normalized spacial score (nSPS) is 9.53. The van der Waals surface area contributed by atoms with Crippen LogP contribution in [0, 0.1) is 25.7 Å². The third-order valence-corrected chi connectivity index (χ3v) is 2.13. The van der Waals surface area contributed by atoms with Gasteiger partial charge in [0.05, 0.1) is 5.69 Å². The Kier molecular flexibility index (Phi) is 4.14. The van der Waals surface area contributed by atoms with Crippen molar-refractivity contribution in [2.24, 2.45) is 0 Å². The number of nitrogen functional groups attached to an aromatic ring is 1. The molecule has 0 saturated heterocycles. The van der Waals surface area contributed by atoms with Gasteiger partial charge in [0.15, 0.2) is 0 Å². The van der Waals surface area contributed by atoms with Crippen molar-refractivity contribution in [2.75, 3.05) is 19.3 Å². The number of aromatic nitrogens is 1. The monoisotopic (exact) mass is 203 g/mol. The molecule has 1 heterocycles. The minimum Gasteiger partial charge on any atom is -0.384 e. The summed E-state index contributed by atoms with van der Waals surface area (Å²) in [6.45, 7) is 4.85. The zero-order valence-electron chi connectivity index (χ0n) is 9.52. The first-order valence-electron chi connectivity index (χ1n) is 5.02. The Labute approximate surface area is 91.1 Å². The molecule has 3 heteroatoms. The van der Waals surface area contributed by atoms with Crippen LogP contribution in [0.3, 0.4) is 0 Å². The van der Waals surface area contributed by atoms with E-state index in [4.69, 9.17) is 5.73 Å². The summed E-state index contributed by atoms with van der Waals surface area (Å²) in [7, 11) is 1.92. The lowest BCUT2D eigenvalue weighted by Crippen LogP contribution is -2.06. The summed E-state index contributed by atoms with van der Waals surface area (Å²) >= 11 is 0. The van der Waals surface area contributed by atoms with Gasteiger partial charge in [-0.25, -0.2) is 4.98 Å². The number of nitrogens with zero attached hydrogens (tertiary/aromatic N) is 1. The van der Waals surface area contributed by atoms with E-state index in [2.05, 4.69) is 22.1 Å². The Morgan fingerprint density at radius 1 is 1.47 bits per heavy atom. The molecule has 3 N–H and O–H groups in total. The van der Waals surface area contributed by atoms with E-state index in [1.54, 1.807) is 0 Å². The molecule has 15 heavy (non-hydrogen) atoms. The third-order valence-electron chi connectivity index (χ3n) is 2.13. The molecule has 1 rings (SSSR count). The molecule has 0 amide bonds. The van der Waals surface area contributed by atoms with E-state index in [9.17, 15) is 0 Å². The number of pyridine rings is 1. The molecule has 1 aromatic heterocycles. The summed E-state index contributed by atoms with van der Waals surface area (Å²) in [5, 5.41) is 3.05. The maximum atomic E-state index is 5.64. The lowest BCUT2D eigenvalue weighted by atomic mass is 10.1. The highest BCUT2D eigenvalue weighted by Crippen LogP contribution is 2.12. The number of aryl methyl sites for hydroxylation is 2. The highest BCUT2D eigenvalue weighted by atomic mass is 14.8. The average Bonchev–Trinajstić information content (AvgIpc) is 2.15. The Morgan fingerprint density at radius 3 is 2.80 bits per heavy atom. The zero-order valence-corrected chi connectivity index (χ0v) is 9.52. The average molecular weight is 203 g/mol. The van der Waals surface area contributed by atoms with E-state index in [1.807, 2.05) is 27.0 Å². The Morgan fingerprint density at radius 2 is 2.20 bits per heavy atom. The molecule has 0 saturated carbocycles. The maximum absolute atomic E-state index is 5.64. The van der Waals surface area contributed by atoms with Crippen LogP contribution in [-0.4, -0.2) is 18.6 Å². The molecule has 1 aromatic rings. The van der Waals surface area contributed by atoms with E-state index >= 15 is 0 Å². The summed E-state index contributed by atoms with van der Waals surface area (Å²) in [5.41, 5.74) is 8.64. The molecule has 80 valence electrons. The van der Waals surface area contributed by atoms with Crippen molar-refractivity contribution >= 4 is 5.82 Å². The van der Waals surface area contributed by atoms with Crippen molar-refractivity contribution in [1.82, 2.24) is 10.3 Å². The topological polar surface area (TPSA) is 50.9 Å². The fourth-order valence-electron chi connectivity index (χ4n) is 1.39. The van der Waals surface area contributed by atoms with Crippen molar-refractivity contribution in [3.63, 3.8) is 0 Å². The van der Waals surface area contributed by atoms with Gasteiger partial charge in [-0.2, -0.15) is 0 Å². The molecule has 0 radical (unpaired) electrons. The molecular formula is C12H17N3. The van der Waals surface area contributed by atoms with E-state index < -0.39 is 0 Å². The second-order valence-corrected chi connectivity index (χ2v) is 3.48. The minimum atomic E-state index is 0.561. The first kappa shape index (κ1) is 11.5. The predicted octanol–water partition coefficient (Wildman–Crippen LogP) is 1.24. The molecule has 0 aliphatic carbocycles. The van der Waals surface area contributed by atoms with Gasteiger partial charge >= 0.3 is 0 Å². The second kappa shape index (κ2) is 5.38. The lowest BCUT2D eigenvalue weighted by Gasteiger charge is -2.03. The van der Waals surface area contributed by atoms with Crippen LogP contribution in [0.25, 0.3) is 0 Å². The lowest BCUT2D eigenvalue weighted by molar-refractivity contribution is 0.818. The molecule has 0 spiro atoms. The van der Waals surface area contributed by atoms with E-state index in [1.165, 1.54) is 0 Å². The number of anilines is 1. The van der Waals surface area contributed by atoms with Crippen molar-refractivity contribution in [1.29, 1.82) is 0 Å². The molecule has 0 fully saturated rings. The number of nitrogens with two attached hydrogens (primary N) is 1. The standard InChI is InChI=1S/C12H17N3/c1-9-8-12(13)15-10(2)11(9)6-4-5-7-14-3/h8,14H,5,7H2,1-3H3,(H2,13,15). The number of rotatable bonds is 2.